The van der Waals surface area contributed by atoms with Crippen molar-refractivity contribution in [3.05, 3.63) is 231 Å². The lowest BCUT2D eigenvalue weighted by atomic mass is 9.96. The minimum Gasteiger partial charge on any atom is -0.309 e. The second-order valence-corrected chi connectivity index (χ2v) is 22.8. The summed E-state index contributed by atoms with van der Waals surface area (Å²) in [7, 11) is 0. The van der Waals surface area contributed by atoms with Crippen molar-refractivity contribution in [3.8, 4) is 53.4 Å². The quantitative estimate of drug-likeness (QED) is 0.156. The number of nitrogens with zero attached hydrogens (tertiary/aromatic N) is 6. The molecule has 0 fully saturated rings. The van der Waals surface area contributed by atoms with E-state index in [1.165, 1.54) is 32.6 Å². The van der Waals surface area contributed by atoms with Gasteiger partial charge in [-0.3, -0.25) is 0 Å². The second-order valence-electron chi connectivity index (χ2n) is 19.7. The van der Waals surface area contributed by atoms with Gasteiger partial charge in [0.15, 0.2) is 0 Å². The van der Waals surface area contributed by atoms with Crippen LogP contribution in [0.25, 0.3) is 161 Å². The highest BCUT2D eigenvalue weighted by Crippen LogP contribution is 2.48. The maximum atomic E-state index is 5.96. The number of benzene rings is 11. The molecule has 6 nitrogen and oxygen atoms in total. The Morgan fingerprint density at radius 3 is 1.12 bits per heavy atom. The number of rotatable bonds is 6. The van der Waals surface area contributed by atoms with Crippen molar-refractivity contribution >= 4 is 142 Å². The van der Waals surface area contributed by atoms with Gasteiger partial charge in [0.05, 0.1) is 63.3 Å². The van der Waals surface area contributed by atoms with Crippen LogP contribution in [-0.4, -0.2) is 29.1 Å². The highest BCUT2D eigenvalue weighted by molar-refractivity contribution is 7.22. The standard InChI is InChI=1S/C68H38N6S3/c1-3-15-43(16-4-1)73-55-23-11-7-19-47(55)49-33-27-39(37-57(49)73)65-63-64(66(77-65)40-28-34-50-48-20-8-12-24-56(48)74(58(50)38-40)44-17-5-2-6-18-44)72-62-52-36-42(68-70-54-22-10-14-26-60(54)76-68)30-32-46(52)45-31-29-41(35-51(45)61(62)71-63)67-69-53-21-9-13-25-59(53)75-67/h1-38H. The van der Waals surface area contributed by atoms with Gasteiger partial charge in [-0.2, -0.15) is 0 Å². The topological polar surface area (TPSA) is 61.4 Å². The van der Waals surface area contributed by atoms with Gasteiger partial charge in [0.25, 0.3) is 0 Å². The first-order chi connectivity index (χ1) is 38.1. The number of hydrogen-bond donors (Lipinski definition) is 0. The van der Waals surface area contributed by atoms with E-state index in [9.17, 15) is 0 Å². The second kappa shape index (κ2) is 16.6. The molecule has 0 atom stereocenters. The molecule has 0 saturated carbocycles. The van der Waals surface area contributed by atoms with Crippen molar-refractivity contribution in [2.45, 2.75) is 0 Å². The van der Waals surface area contributed by atoms with Crippen molar-refractivity contribution < 1.29 is 0 Å². The molecule has 0 unspecified atom stereocenters. The zero-order valence-electron chi connectivity index (χ0n) is 40.8. The predicted molar refractivity (Wildman–Crippen MR) is 327 cm³/mol. The average molecular weight is 1040 g/mol. The summed E-state index contributed by atoms with van der Waals surface area (Å²) >= 11 is 5.22. The zero-order valence-corrected chi connectivity index (χ0v) is 43.3. The lowest BCUT2D eigenvalue weighted by Gasteiger charge is -2.12. The van der Waals surface area contributed by atoms with Crippen molar-refractivity contribution in [1.29, 1.82) is 0 Å². The van der Waals surface area contributed by atoms with E-state index in [0.717, 1.165) is 128 Å². The Kier molecular flexibility index (Phi) is 9.23. The third-order valence-corrected chi connectivity index (χ3v) is 18.8. The van der Waals surface area contributed by atoms with Gasteiger partial charge in [-0.25, -0.2) is 19.9 Å². The summed E-state index contributed by atoms with van der Waals surface area (Å²) in [6.45, 7) is 0. The van der Waals surface area contributed by atoms with Crippen LogP contribution in [0.5, 0.6) is 0 Å². The van der Waals surface area contributed by atoms with Gasteiger partial charge in [-0.15, -0.1) is 34.0 Å². The van der Waals surface area contributed by atoms with Crippen LogP contribution < -0.4 is 0 Å². The Morgan fingerprint density at radius 2 is 0.649 bits per heavy atom. The lowest BCUT2D eigenvalue weighted by molar-refractivity contribution is 1.18. The third-order valence-electron chi connectivity index (χ3n) is 15.4. The molecule has 0 aliphatic rings. The monoisotopic (exact) mass is 1030 g/mol. The Hall–Kier alpha value is -9.38. The molecular weight excluding hydrogens is 997 g/mol. The van der Waals surface area contributed by atoms with Gasteiger partial charge in [0, 0.05) is 54.8 Å². The maximum absolute atomic E-state index is 5.96. The van der Waals surface area contributed by atoms with Gasteiger partial charge in [0.1, 0.15) is 21.0 Å². The Balaban J connectivity index is 0.987. The fourth-order valence-corrected chi connectivity index (χ4v) is 15.0. The van der Waals surface area contributed by atoms with E-state index in [1.807, 2.05) is 0 Å². The molecule has 0 saturated heterocycles. The van der Waals surface area contributed by atoms with Crippen LogP contribution in [-0.2, 0) is 0 Å². The third kappa shape index (κ3) is 6.52. The van der Waals surface area contributed by atoms with Crippen LogP contribution in [0.1, 0.15) is 0 Å². The van der Waals surface area contributed by atoms with Crippen molar-refractivity contribution in [2.75, 3.05) is 0 Å². The first-order valence-electron chi connectivity index (χ1n) is 25.7. The normalized spacial score (nSPS) is 12.2. The van der Waals surface area contributed by atoms with E-state index in [2.05, 4.69) is 240 Å². The minimum absolute atomic E-state index is 0.856. The number of hydrogen-bond acceptors (Lipinski definition) is 7. The maximum Gasteiger partial charge on any atom is 0.124 e. The van der Waals surface area contributed by atoms with Crippen LogP contribution in [0.4, 0.5) is 0 Å². The molecule has 358 valence electrons. The van der Waals surface area contributed by atoms with E-state index in [1.54, 1.807) is 34.0 Å². The molecule has 0 aliphatic heterocycles. The Morgan fingerprint density at radius 1 is 0.260 bits per heavy atom. The summed E-state index contributed by atoms with van der Waals surface area (Å²) in [5.41, 5.74) is 16.6. The number of fused-ring (bicyclic) bond motifs is 15. The summed E-state index contributed by atoms with van der Waals surface area (Å²) in [5, 5.41) is 11.1. The molecule has 0 aliphatic carbocycles. The van der Waals surface area contributed by atoms with Crippen LogP contribution in [0, 0.1) is 0 Å². The fourth-order valence-electron chi connectivity index (χ4n) is 11.9. The molecule has 0 amide bonds. The van der Waals surface area contributed by atoms with Gasteiger partial charge in [0.2, 0.25) is 0 Å². The first-order valence-corrected chi connectivity index (χ1v) is 28.1. The molecule has 0 spiro atoms. The van der Waals surface area contributed by atoms with Gasteiger partial charge < -0.3 is 9.13 Å². The average Bonchev–Trinajstić information content (AvgIpc) is 4.49. The minimum atomic E-state index is 0.856. The van der Waals surface area contributed by atoms with E-state index in [0.29, 0.717) is 0 Å². The number of thiazole rings is 2. The number of thiophene rings is 1. The van der Waals surface area contributed by atoms with Gasteiger partial charge >= 0.3 is 0 Å². The summed E-state index contributed by atoms with van der Waals surface area (Å²) < 4.78 is 7.12. The molecule has 17 aromatic rings. The lowest BCUT2D eigenvalue weighted by Crippen LogP contribution is -1.94. The predicted octanol–water partition coefficient (Wildman–Crippen LogP) is 19.2. The summed E-state index contributed by atoms with van der Waals surface area (Å²) in [6, 6.07) is 83.1. The van der Waals surface area contributed by atoms with Crippen LogP contribution in [0.2, 0.25) is 0 Å². The molecule has 0 radical (unpaired) electrons. The van der Waals surface area contributed by atoms with Gasteiger partial charge in [-0.05, 0) is 107 Å². The Labute approximate surface area is 451 Å². The molecule has 77 heavy (non-hydrogen) atoms. The molecule has 6 heterocycles. The van der Waals surface area contributed by atoms with Crippen LogP contribution in [0.15, 0.2) is 231 Å². The molecule has 11 aromatic carbocycles. The molecular formula is C68H38N6S3. The number of para-hydroxylation sites is 6. The highest BCUT2D eigenvalue weighted by atomic mass is 32.1. The number of aromatic nitrogens is 6. The molecule has 9 heteroatoms. The zero-order chi connectivity index (χ0) is 50.3. The van der Waals surface area contributed by atoms with E-state index in [4.69, 9.17) is 19.9 Å². The molecule has 6 aromatic heterocycles. The Bertz CT molecular complexity index is 4900. The molecule has 0 bridgehead atoms. The summed E-state index contributed by atoms with van der Waals surface area (Å²) in [6.07, 6.45) is 0. The van der Waals surface area contributed by atoms with Crippen molar-refractivity contribution in [1.82, 2.24) is 29.1 Å². The van der Waals surface area contributed by atoms with Crippen molar-refractivity contribution in [2.24, 2.45) is 0 Å². The van der Waals surface area contributed by atoms with Crippen molar-refractivity contribution in [3.63, 3.8) is 0 Å². The smallest absolute Gasteiger partial charge is 0.124 e. The highest BCUT2D eigenvalue weighted by Gasteiger charge is 2.25. The summed E-state index contributed by atoms with van der Waals surface area (Å²) in [4.78, 5) is 24.3. The molecule has 0 N–H and O–H groups in total. The SMILES string of the molecule is c1ccc(-n2c3ccccc3c3ccc(-c4sc(-c5ccc6c7ccccc7n(-c7ccccc7)c6c5)c5nc6c7cc(-c8nc9ccccc9s8)ccc7c7ccc(-c8nc9ccccc9s8)cc7c6nc45)cc32)cc1. The van der Waals surface area contributed by atoms with Gasteiger partial charge in [-0.1, -0.05) is 146 Å². The first kappa shape index (κ1) is 42.9. The largest absolute Gasteiger partial charge is 0.309 e. The van der Waals surface area contributed by atoms with Crippen LogP contribution in [0.3, 0.4) is 0 Å². The van der Waals surface area contributed by atoms with E-state index < -0.39 is 0 Å². The summed E-state index contributed by atoms with van der Waals surface area (Å²) in [5.74, 6) is 0. The molecule has 17 rings (SSSR count). The fraction of sp³-hybridized carbons (Fsp3) is 0. The van der Waals surface area contributed by atoms with Crippen LogP contribution >= 0.6 is 34.0 Å². The van der Waals surface area contributed by atoms with E-state index in [-0.39, 0.29) is 0 Å². The van der Waals surface area contributed by atoms with E-state index >= 15 is 0 Å².